The zero-order chi connectivity index (χ0) is 11.8. The van der Waals surface area contributed by atoms with E-state index in [1.54, 1.807) is 6.20 Å². The van der Waals surface area contributed by atoms with Crippen molar-refractivity contribution in [2.75, 3.05) is 19.6 Å². The molecule has 0 atom stereocenters. The molecule has 1 fully saturated rings. The molecular weight excluding hydrogens is 222 g/mol. The minimum absolute atomic E-state index is 0.00758. The summed E-state index contributed by atoms with van der Waals surface area (Å²) in [5.41, 5.74) is 0.00758. The molecule has 1 aliphatic heterocycles. The lowest BCUT2D eigenvalue weighted by atomic mass is 10.0. The highest BCUT2D eigenvalue weighted by atomic mass is 32.1. The zero-order valence-corrected chi connectivity index (χ0v) is 10.7. The highest BCUT2D eigenvalue weighted by molar-refractivity contribution is 7.13. The van der Waals surface area contributed by atoms with Gasteiger partial charge in [-0.3, -0.25) is 4.79 Å². The van der Waals surface area contributed by atoms with Gasteiger partial charge in [-0.1, -0.05) is 0 Å². The van der Waals surface area contributed by atoms with Crippen molar-refractivity contribution in [3.05, 3.63) is 16.1 Å². The van der Waals surface area contributed by atoms with E-state index in [0.717, 1.165) is 29.5 Å². The van der Waals surface area contributed by atoms with Gasteiger partial charge in [-0.25, -0.2) is 4.98 Å². The number of piperazine rings is 1. The fourth-order valence-electron chi connectivity index (χ4n) is 1.93. The van der Waals surface area contributed by atoms with E-state index in [2.05, 4.69) is 24.1 Å². The Morgan fingerprint density at radius 1 is 1.62 bits per heavy atom. The molecule has 0 aliphatic carbocycles. The summed E-state index contributed by atoms with van der Waals surface area (Å²) in [6, 6.07) is 0. The fraction of sp³-hybridized carbons (Fsp3) is 0.636. The molecule has 1 aromatic rings. The first-order valence-electron chi connectivity index (χ1n) is 5.45. The SMILES string of the molecule is Cc1ncc(C(=O)N2CCNC(C)(C)C2)s1. The Bertz CT molecular complexity index is 400. The number of thiazole rings is 1. The number of amides is 1. The predicted molar refractivity (Wildman–Crippen MR) is 64.8 cm³/mol. The Hall–Kier alpha value is -0.940. The van der Waals surface area contributed by atoms with Crippen LogP contribution in [0.25, 0.3) is 0 Å². The summed E-state index contributed by atoms with van der Waals surface area (Å²) in [7, 11) is 0. The van der Waals surface area contributed by atoms with Crippen LogP contribution in [-0.4, -0.2) is 41.0 Å². The Labute approximate surface area is 99.7 Å². The van der Waals surface area contributed by atoms with E-state index in [9.17, 15) is 4.79 Å². The van der Waals surface area contributed by atoms with Crippen molar-refractivity contribution in [2.45, 2.75) is 26.3 Å². The quantitative estimate of drug-likeness (QED) is 0.803. The Balaban J connectivity index is 2.10. The van der Waals surface area contributed by atoms with Crippen LogP contribution in [0.15, 0.2) is 6.20 Å². The first-order chi connectivity index (χ1) is 7.48. The van der Waals surface area contributed by atoms with Gasteiger partial charge in [-0.05, 0) is 20.8 Å². The first-order valence-corrected chi connectivity index (χ1v) is 6.26. The maximum atomic E-state index is 12.2. The molecule has 0 spiro atoms. The molecule has 0 radical (unpaired) electrons. The summed E-state index contributed by atoms with van der Waals surface area (Å²) in [5.74, 6) is 0.111. The van der Waals surface area contributed by atoms with Crippen molar-refractivity contribution in [3.63, 3.8) is 0 Å². The molecule has 1 amide bonds. The third kappa shape index (κ3) is 2.41. The average molecular weight is 239 g/mol. The van der Waals surface area contributed by atoms with Crippen molar-refractivity contribution >= 4 is 17.2 Å². The second kappa shape index (κ2) is 4.14. The largest absolute Gasteiger partial charge is 0.335 e. The molecule has 1 aromatic heterocycles. The molecule has 1 saturated heterocycles. The van der Waals surface area contributed by atoms with E-state index in [0.29, 0.717) is 0 Å². The summed E-state index contributed by atoms with van der Waals surface area (Å²) in [6.45, 7) is 8.54. The minimum atomic E-state index is 0.00758. The molecule has 0 unspecified atom stereocenters. The molecule has 4 nitrogen and oxygen atoms in total. The predicted octanol–water partition coefficient (Wildman–Crippen LogP) is 1.28. The molecule has 1 aliphatic rings. The number of hydrogen-bond donors (Lipinski definition) is 1. The lowest BCUT2D eigenvalue weighted by molar-refractivity contribution is 0.0657. The van der Waals surface area contributed by atoms with Crippen LogP contribution in [0.1, 0.15) is 28.5 Å². The maximum Gasteiger partial charge on any atom is 0.265 e. The van der Waals surface area contributed by atoms with Gasteiger partial charge in [0.1, 0.15) is 4.88 Å². The maximum absolute atomic E-state index is 12.2. The summed E-state index contributed by atoms with van der Waals surface area (Å²) in [6.07, 6.45) is 1.68. The van der Waals surface area contributed by atoms with Crippen LogP contribution < -0.4 is 5.32 Å². The Morgan fingerprint density at radius 3 is 2.94 bits per heavy atom. The van der Waals surface area contributed by atoms with Crippen LogP contribution in [0.4, 0.5) is 0 Å². The summed E-state index contributed by atoms with van der Waals surface area (Å²) < 4.78 is 0. The van der Waals surface area contributed by atoms with Gasteiger partial charge in [0.15, 0.2) is 0 Å². The third-order valence-corrected chi connectivity index (χ3v) is 3.59. The van der Waals surface area contributed by atoms with Crippen molar-refractivity contribution in [1.82, 2.24) is 15.2 Å². The number of hydrogen-bond acceptors (Lipinski definition) is 4. The lowest BCUT2D eigenvalue weighted by Crippen LogP contribution is -2.58. The van der Waals surface area contributed by atoms with Crippen LogP contribution in [0.3, 0.4) is 0 Å². The van der Waals surface area contributed by atoms with Gasteiger partial charge < -0.3 is 10.2 Å². The average Bonchev–Trinajstić information content (AvgIpc) is 2.62. The fourth-order valence-corrected chi connectivity index (χ4v) is 2.68. The Morgan fingerprint density at radius 2 is 2.38 bits per heavy atom. The number of aryl methyl sites for hydroxylation is 1. The molecule has 0 saturated carbocycles. The highest BCUT2D eigenvalue weighted by Gasteiger charge is 2.29. The summed E-state index contributed by atoms with van der Waals surface area (Å²) in [5, 5.41) is 4.34. The number of rotatable bonds is 1. The standard InChI is InChI=1S/C11H17N3OS/c1-8-12-6-9(16-8)10(15)14-5-4-13-11(2,3)7-14/h6,13H,4-5,7H2,1-3H3. The first kappa shape index (κ1) is 11.5. The smallest absolute Gasteiger partial charge is 0.265 e. The van der Waals surface area contributed by atoms with E-state index in [1.807, 2.05) is 11.8 Å². The zero-order valence-electron chi connectivity index (χ0n) is 9.91. The molecule has 0 aromatic carbocycles. The molecular formula is C11H17N3OS. The van der Waals surface area contributed by atoms with Crippen LogP contribution in [0.2, 0.25) is 0 Å². The number of carbonyl (C=O) groups is 1. The van der Waals surface area contributed by atoms with Crippen molar-refractivity contribution < 1.29 is 4.79 Å². The Kier molecular flexibility index (Phi) is 2.99. The van der Waals surface area contributed by atoms with Crippen molar-refractivity contribution in [1.29, 1.82) is 0 Å². The van der Waals surface area contributed by atoms with Crippen LogP contribution >= 0.6 is 11.3 Å². The van der Waals surface area contributed by atoms with E-state index in [-0.39, 0.29) is 11.4 Å². The van der Waals surface area contributed by atoms with Gasteiger partial charge in [0.2, 0.25) is 0 Å². The second-order valence-electron chi connectivity index (χ2n) is 4.78. The number of carbonyl (C=O) groups excluding carboxylic acids is 1. The van der Waals surface area contributed by atoms with Crippen LogP contribution in [0, 0.1) is 6.92 Å². The monoisotopic (exact) mass is 239 g/mol. The number of nitrogens with zero attached hydrogens (tertiary/aromatic N) is 2. The molecule has 1 N–H and O–H groups in total. The summed E-state index contributed by atoms with van der Waals surface area (Å²) in [4.78, 5) is 18.9. The van der Waals surface area contributed by atoms with Crippen LogP contribution in [-0.2, 0) is 0 Å². The van der Waals surface area contributed by atoms with Gasteiger partial charge >= 0.3 is 0 Å². The van der Waals surface area contributed by atoms with Crippen molar-refractivity contribution in [3.8, 4) is 0 Å². The van der Waals surface area contributed by atoms with E-state index < -0.39 is 0 Å². The third-order valence-electron chi connectivity index (χ3n) is 2.69. The number of nitrogens with one attached hydrogen (secondary N) is 1. The van der Waals surface area contributed by atoms with E-state index in [1.165, 1.54) is 11.3 Å². The van der Waals surface area contributed by atoms with Crippen LogP contribution in [0.5, 0.6) is 0 Å². The topological polar surface area (TPSA) is 45.2 Å². The van der Waals surface area contributed by atoms with Gasteiger partial charge in [0.25, 0.3) is 5.91 Å². The molecule has 5 heteroatoms. The second-order valence-corrected chi connectivity index (χ2v) is 6.02. The molecule has 16 heavy (non-hydrogen) atoms. The van der Waals surface area contributed by atoms with Gasteiger partial charge in [-0.15, -0.1) is 11.3 Å². The molecule has 0 bridgehead atoms. The normalized spacial score (nSPS) is 19.8. The highest BCUT2D eigenvalue weighted by Crippen LogP contribution is 2.17. The molecule has 2 heterocycles. The van der Waals surface area contributed by atoms with E-state index in [4.69, 9.17) is 0 Å². The molecule has 88 valence electrons. The summed E-state index contributed by atoms with van der Waals surface area (Å²) >= 11 is 1.47. The van der Waals surface area contributed by atoms with Gasteiger partial charge in [0, 0.05) is 25.2 Å². The molecule has 2 rings (SSSR count). The minimum Gasteiger partial charge on any atom is -0.335 e. The van der Waals surface area contributed by atoms with Gasteiger partial charge in [0.05, 0.1) is 11.2 Å². The number of aromatic nitrogens is 1. The van der Waals surface area contributed by atoms with E-state index >= 15 is 0 Å². The lowest BCUT2D eigenvalue weighted by Gasteiger charge is -2.38. The van der Waals surface area contributed by atoms with Crippen molar-refractivity contribution in [2.24, 2.45) is 0 Å². The van der Waals surface area contributed by atoms with Gasteiger partial charge in [-0.2, -0.15) is 0 Å².